The predicted molar refractivity (Wildman–Crippen MR) is 126 cm³/mol. The van der Waals surface area contributed by atoms with Crippen LogP contribution in [0.1, 0.15) is 34.3 Å². The van der Waals surface area contributed by atoms with Crippen molar-refractivity contribution in [2.45, 2.75) is 18.9 Å². The molecule has 3 N–H and O–H groups in total. The second-order valence-electron chi connectivity index (χ2n) is 7.54. The summed E-state index contributed by atoms with van der Waals surface area (Å²) in [6, 6.07) is 24.5. The second-order valence-corrected chi connectivity index (χ2v) is 7.54. The Hall–Kier alpha value is -3.70. The van der Waals surface area contributed by atoms with Gasteiger partial charge in [0, 0.05) is 16.9 Å². The molecule has 3 aromatic carbocycles. The molecule has 1 aliphatic heterocycles. The topological polar surface area (TPSA) is 70.2 Å². The van der Waals surface area contributed by atoms with Crippen LogP contribution in [0.2, 0.25) is 0 Å². The van der Waals surface area contributed by atoms with Crippen LogP contribution < -0.4 is 16.0 Å². The van der Waals surface area contributed by atoms with Crippen LogP contribution in [0.5, 0.6) is 0 Å². The highest BCUT2D eigenvalue weighted by molar-refractivity contribution is 6.04. The van der Waals surface area contributed by atoms with Gasteiger partial charge in [-0.3, -0.25) is 9.59 Å². The van der Waals surface area contributed by atoms with Gasteiger partial charge in [0.15, 0.2) is 0 Å². The van der Waals surface area contributed by atoms with Gasteiger partial charge >= 0.3 is 0 Å². The minimum atomic E-state index is -0.125. The van der Waals surface area contributed by atoms with E-state index in [2.05, 4.69) is 16.0 Å². The number of benzene rings is 3. The molecule has 156 valence electrons. The fourth-order valence-electron chi connectivity index (χ4n) is 3.48. The number of anilines is 2. The van der Waals surface area contributed by atoms with Crippen LogP contribution in [0.4, 0.5) is 11.4 Å². The predicted octanol–water partition coefficient (Wildman–Crippen LogP) is 4.80. The zero-order valence-corrected chi connectivity index (χ0v) is 17.2. The van der Waals surface area contributed by atoms with Crippen LogP contribution in [0.15, 0.2) is 78.9 Å². The Labute approximate surface area is 182 Å². The van der Waals surface area contributed by atoms with E-state index in [4.69, 9.17) is 0 Å². The first-order valence-corrected chi connectivity index (χ1v) is 10.5. The van der Waals surface area contributed by atoms with Gasteiger partial charge in [-0.1, -0.05) is 54.6 Å². The first kappa shape index (κ1) is 20.6. The number of rotatable bonds is 6. The van der Waals surface area contributed by atoms with Crippen molar-refractivity contribution in [1.29, 1.82) is 0 Å². The van der Waals surface area contributed by atoms with Gasteiger partial charge in [-0.05, 0) is 66.9 Å². The van der Waals surface area contributed by atoms with Crippen LogP contribution in [-0.4, -0.2) is 24.4 Å². The molecule has 5 heteroatoms. The molecule has 0 bridgehead atoms. The molecule has 2 amide bonds. The largest absolute Gasteiger partial charge is 0.325 e. The van der Waals surface area contributed by atoms with Crippen molar-refractivity contribution in [2.75, 3.05) is 17.2 Å². The zero-order chi connectivity index (χ0) is 21.5. The van der Waals surface area contributed by atoms with E-state index >= 15 is 0 Å². The Kier molecular flexibility index (Phi) is 6.55. The first-order chi connectivity index (χ1) is 15.2. The highest BCUT2D eigenvalue weighted by Gasteiger charge is 2.21. The molecule has 1 aliphatic rings. The maximum absolute atomic E-state index is 12.2. The molecule has 5 nitrogen and oxygen atoms in total. The SMILES string of the molecule is O=C(Nc1ccc(/C=C/c2ccc(NC(=O)[C@@H]3CCCN3)cc2)cc1)c1ccccc1. The average Bonchev–Trinajstić information content (AvgIpc) is 3.35. The molecule has 3 aromatic rings. The lowest BCUT2D eigenvalue weighted by Crippen LogP contribution is -2.35. The number of hydrogen-bond donors (Lipinski definition) is 3. The molecule has 1 heterocycles. The van der Waals surface area contributed by atoms with E-state index in [1.165, 1.54) is 0 Å². The minimum absolute atomic E-state index is 0.0280. The Morgan fingerprint density at radius 1 is 0.774 bits per heavy atom. The molecule has 1 fully saturated rings. The van der Waals surface area contributed by atoms with Crippen molar-refractivity contribution in [3.8, 4) is 0 Å². The summed E-state index contributed by atoms with van der Waals surface area (Å²) in [6.07, 6.45) is 5.96. The smallest absolute Gasteiger partial charge is 0.255 e. The quantitative estimate of drug-likeness (QED) is 0.510. The molecule has 0 radical (unpaired) electrons. The van der Waals surface area contributed by atoms with Crippen molar-refractivity contribution in [2.24, 2.45) is 0 Å². The summed E-state index contributed by atoms with van der Waals surface area (Å²) in [4.78, 5) is 24.4. The number of carbonyl (C=O) groups is 2. The maximum Gasteiger partial charge on any atom is 0.255 e. The average molecular weight is 412 g/mol. The van der Waals surface area contributed by atoms with E-state index in [1.807, 2.05) is 78.9 Å². The number of amides is 2. The summed E-state index contributed by atoms with van der Waals surface area (Å²) < 4.78 is 0. The maximum atomic E-state index is 12.2. The molecule has 0 aliphatic carbocycles. The van der Waals surface area contributed by atoms with Gasteiger partial charge in [0.2, 0.25) is 5.91 Å². The van der Waals surface area contributed by atoms with Gasteiger partial charge < -0.3 is 16.0 Å². The van der Waals surface area contributed by atoms with Crippen LogP contribution >= 0.6 is 0 Å². The fourth-order valence-corrected chi connectivity index (χ4v) is 3.48. The number of nitrogens with one attached hydrogen (secondary N) is 3. The highest BCUT2D eigenvalue weighted by atomic mass is 16.2. The molecule has 0 unspecified atom stereocenters. The van der Waals surface area contributed by atoms with Crippen LogP contribution in [0.25, 0.3) is 12.2 Å². The monoisotopic (exact) mass is 411 g/mol. The summed E-state index contributed by atoms with van der Waals surface area (Å²) in [6.45, 7) is 0.905. The molecule has 0 spiro atoms. The third kappa shape index (κ3) is 5.68. The first-order valence-electron chi connectivity index (χ1n) is 10.5. The van der Waals surface area contributed by atoms with E-state index in [-0.39, 0.29) is 17.9 Å². The Morgan fingerprint density at radius 2 is 1.35 bits per heavy atom. The van der Waals surface area contributed by atoms with Crippen LogP contribution in [0.3, 0.4) is 0 Å². The van der Waals surface area contributed by atoms with Gasteiger partial charge in [0.25, 0.3) is 5.91 Å². The Balaban J connectivity index is 1.32. The molecule has 4 rings (SSSR count). The summed E-state index contributed by atoms with van der Waals surface area (Å²) in [5.41, 5.74) is 4.25. The van der Waals surface area contributed by atoms with Crippen molar-refractivity contribution in [3.63, 3.8) is 0 Å². The van der Waals surface area contributed by atoms with Crippen LogP contribution in [-0.2, 0) is 4.79 Å². The van der Waals surface area contributed by atoms with Gasteiger partial charge in [-0.15, -0.1) is 0 Å². The lowest BCUT2D eigenvalue weighted by Gasteiger charge is -2.11. The third-order valence-electron chi connectivity index (χ3n) is 5.23. The van der Waals surface area contributed by atoms with E-state index in [1.54, 1.807) is 12.1 Å². The summed E-state index contributed by atoms with van der Waals surface area (Å²) in [7, 11) is 0. The summed E-state index contributed by atoms with van der Waals surface area (Å²) in [5.74, 6) is -0.0972. The lowest BCUT2D eigenvalue weighted by atomic mass is 10.1. The van der Waals surface area contributed by atoms with Crippen molar-refractivity contribution >= 4 is 35.3 Å². The van der Waals surface area contributed by atoms with Gasteiger partial charge in [0.05, 0.1) is 6.04 Å². The van der Waals surface area contributed by atoms with Gasteiger partial charge in [0.1, 0.15) is 0 Å². The second kappa shape index (κ2) is 9.87. The van der Waals surface area contributed by atoms with Gasteiger partial charge in [-0.2, -0.15) is 0 Å². The normalized spacial score (nSPS) is 15.7. The van der Waals surface area contributed by atoms with Crippen molar-refractivity contribution < 1.29 is 9.59 Å². The Bertz CT molecular complexity index is 1050. The molecule has 0 aromatic heterocycles. The minimum Gasteiger partial charge on any atom is -0.325 e. The molecule has 1 saturated heterocycles. The van der Waals surface area contributed by atoms with Crippen LogP contribution in [0, 0.1) is 0 Å². The standard InChI is InChI=1S/C26H25N3O2/c30-25(21-5-2-1-3-6-21)28-22-14-10-19(11-15-22)8-9-20-12-16-23(17-13-20)29-26(31)24-7-4-18-27-24/h1-3,5-6,8-17,24,27H,4,7,18H2,(H,28,30)(H,29,31)/b9-8+/t24-/m0/s1. The molecule has 0 saturated carbocycles. The highest BCUT2D eigenvalue weighted by Crippen LogP contribution is 2.16. The summed E-state index contributed by atoms with van der Waals surface area (Å²) >= 11 is 0. The lowest BCUT2D eigenvalue weighted by molar-refractivity contribution is -0.117. The van der Waals surface area contributed by atoms with Crippen molar-refractivity contribution in [1.82, 2.24) is 5.32 Å². The van der Waals surface area contributed by atoms with E-state index in [9.17, 15) is 9.59 Å². The van der Waals surface area contributed by atoms with Gasteiger partial charge in [-0.25, -0.2) is 0 Å². The Morgan fingerprint density at radius 3 is 1.90 bits per heavy atom. The molecular formula is C26H25N3O2. The zero-order valence-electron chi connectivity index (χ0n) is 17.2. The molecule has 31 heavy (non-hydrogen) atoms. The molecule has 1 atom stereocenters. The third-order valence-corrected chi connectivity index (χ3v) is 5.23. The van der Waals surface area contributed by atoms with E-state index in [0.29, 0.717) is 5.56 Å². The van der Waals surface area contributed by atoms with Crippen molar-refractivity contribution in [3.05, 3.63) is 95.6 Å². The number of hydrogen-bond acceptors (Lipinski definition) is 3. The molecular weight excluding hydrogens is 386 g/mol. The summed E-state index contributed by atoms with van der Waals surface area (Å²) in [5, 5.41) is 9.06. The number of carbonyl (C=O) groups excluding carboxylic acids is 2. The van der Waals surface area contributed by atoms with E-state index in [0.717, 1.165) is 41.9 Å². The fraction of sp³-hybridized carbons (Fsp3) is 0.154. The van der Waals surface area contributed by atoms with E-state index < -0.39 is 0 Å².